The fourth-order valence-corrected chi connectivity index (χ4v) is 4.13. The van der Waals surface area contributed by atoms with Crippen LogP contribution in [0.5, 0.6) is 0 Å². The highest BCUT2D eigenvalue weighted by Crippen LogP contribution is 2.41. The summed E-state index contributed by atoms with van der Waals surface area (Å²) in [5.74, 6) is -0.105. The average Bonchev–Trinajstić information content (AvgIpc) is 3.34. The molecule has 4 N–H and O–H groups in total. The minimum atomic E-state index is -0.971. The second kappa shape index (κ2) is 7.20. The van der Waals surface area contributed by atoms with Crippen LogP contribution in [0.2, 0.25) is 0 Å². The molecule has 1 aromatic carbocycles. The van der Waals surface area contributed by atoms with Gasteiger partial charge in [-0.3, -0.25) is 14.8 Å². The lowest BCUT2D eigenvalue weighted by Gasteiger charge is -2.32. The Kier molecular flexibility index (Phi) is 4.37. The molecule has 3 aromatic heterocycles. The Morgan fingerprint density at radius 1 is 0.967 bits per heavy atom. The molecule has 2 atom stereocenters. The Labute approximate surface area is 173 Å². The zero-order valence-corrected chi connectivity index (χ0v) is 16.1. The lowest BCUT2D eigenvalue weighted by molar-refractivity contribution is -0.116. The SMILES string of the molecule is NC(c1cccnc1)(c1ccc2c(c1)C(c1cccnc1)CC(=O)N2)c1cnc[nH]1. The van der Waals surface area contributed by atoms with Crippen LogP contribution in [0, 0.1) is 0 Å². The Hall–Kier alpha value is -3.84. The lowest BCUT2D eigenvalue weighted by Crippen LogP contribution is -2.40. The standard InChI is InChI=1S/C23H20N6O/c24-23(21-13-27-14-28-21,17-4-2-8-26-12-17)16-5-6-20-19(9-16)18(10-22(30)29-20)15-3-1-7-25-11-15/h1-9,11-14,18H,10,24H2,(H,27,28)(H,29,30). The molecule has 4 aromatic rings. The molecule has 1 aliphatic heterocycles. The van der Waals surface area contributed by atoms with Gasteiger partial charge in [-0.15, -0.1) is 0 Å². The van der Waals surface area contributed by atoms with E-state index >= 15 is 0 Å². The van der Waals surface area contributed by atoms with Gasteiger partial charge in [-0.1, -0.05) is 24.3 Å². The highest BCUT2D eigenvalue weighted by Gasteiger charge is 2.36. The van der Waals surface area contributed by atoms with E-state index in [2.05, 4.69) is 31.3 Å². The monoisotopic (exact) mass is 396 g/mol. The van der Waals surface area contributed by atoms with Gasteiger partial charge in [-0.25, -0.2) is 4.98 Å². The van der Waals surface area contributed by atoms with Crippen LogP contribution in [0.25, 0.3) is 0 Å². The molecule has 0 bridgehead atoms. The molecule has 2 unspecified atom stereocenters. The number of benzene rings is 1. The van der Waals surface area contributed by atoms with Crippen molar-refractivity contribution in [3.05, 3.63) is 108 Å². The van der Waals surface area contributed by atoms with Gasteiger partial charge in [0.05, 0.1) is 18.2 Å². The Bertz CT molecular complexity index is 1180. The van der Waals surface area contributed by atoms with Crippen LogP contribution in [-0.4, -0.2) is 25.8 Å². The molecule has 7 heteroatoms. The molecule has 148 valence electrons. The summed E-state index contributed by atoms with van der Waals surface area (Å²) >= 11 is 0. The van der Waals surface area contributed by atoms with Crippen molar-refractivity contribution in [2.24, 2.45) is 5.73 Å². The normalized spacial score (nSPS) is 17.6. The molecule has 4 heterocycles. The number of nitrogens with two attached hydrogens (primary N) is 1. The zero-order valence-electron chi connectivity index (χ0n) is 16.1. The quantitative estimate of drug-likeness (QED) is 0.491. The fourth-order valence-electron chi connectivity index (χ4n) is 4.13. The molecular weight excluding hydrogens is 376 g/mol. The molecule has 1 amide bonds. The summed E-state index contributed by atoms with van der Waals surface area (Å²) < 4.78 is 0. The predicted octanol–water partition coefficient (Wildman–Crippen LogP) is 2.92. The molecule has 0 saturated heterocycles. The molecule has 0 aliphatic carbocycles. The Morgan fingerprint density at radius 2 is 1.80 bits per heavy atom. The summed E-state index contributed by atoms with van der Waals surface area (Å²) in [6.07, 6.45) is 10.7. The van der Waals surface area contributed by atoms with E-state index in [0.29, 0.717) is 6.42 Å². The van der Waals surface area contributed by atoms with Crippen molar-refractivity contribution >= 4 is 11.6 Å². The number of pyridine rings is 2. The molecule has 0 saturated carbocycles. The number of carbonyl (C=O) groups excluding carboxylic acids is 1. The number of aromatic amines is 1. The van der Waals surface area contributed by atoms with Gasteiger partial charge in [0.15, 0.2) is 0 Å². The van der Waals surface area contributed by atoms with Gasteiger partial charge in [-0.05, 0) is 34.9 Å². The minimum Gasteiger partial charge on any atom is -0.346 e. The van der Waals surface area contributed by atoms with E-state index in [-0.39, 0.29) is 11.8 Å². The van der Waals surface area contributed by atoms with Crippen molar-refractivity contribution < 1.29 is 4.79 Å². The molecule has 1 aliphatic rings. The number of H-pyrrole nitrogens is 1. The van der Waals surface area contributed by atoms with E-state index in [1.54, 1.807) is 31.1 Å². The van der Waals surface area contributed by atoms with E-state index in [1.165, 1.54) is 0 Å². The summed E-state index contributed by atoms with van der Waals surface area (Å²) in [5.41, 5.74) is 11.3. The van der Waals surface area contributed by atoms with E-state index < -0.39 is 5.54 Å². The molecule has 7 nitrogen and oxygen atoms in total. The number of anilines is 1. The van der Waals surface area contributed by atoms with Gasteiger partial charge in [0.25, 0.3) is 0 Å². The van der Waals surface area contributed by atoms with Crippen LogP contribution in [0.15, 0.2) is 79.8 Å². The number of nitrogens with zero attached hydrogens (tertiary/aromatic N) is 3. The molecule has 30 heavy (non-hydrogen) atoms. The van der Waals surface area contributed by atoms with Crippen molar-refractivity contribution in [3.63, 3.8) is 0 Å². The molecule has 0 fully saturated rings. The van der Waals surface area contributed by atoms with Gasteiger partial charge >= 0.3 is 0 Å². The molecule has 5 rings (SSSR count). The number of nitrogens with one attached hydrogen (secondary N) is 2. The summed E-state index contributed by atoms with van der Waals surface area (Å²) in [4.78, 5) is 28.2. The number of hydrogen-bond donors (Lipinski definition) is 3. The number of imidazole rings is 1. The Morgan fingerprint density at radius 3 is 2.50 bits per heavy atom. The zero-order chi connectivity index (χ0) is 20.6. The number of amides is 1. The number of hydrogen-bond acceptors (Lipinski definition) is 5. The summed E-state index contributed by atoms with van der Waals surface area (Å²) in [6.45, 7) is 0. The highest BCUT2D eigenvalue weighted by atomic mass is 16.1. The van der Waals surface area contributed by atoms with Gasteiger partial charge < -0.3 is 16.0 Å². The second-order valence-corrected chi connectivity index (χ2v) is 7.41. The van der Waals surface area contributed by atoms with Crippen LogP contribution in [0.3, 0.4) is 0 Å². The van der Waals surface area contributed by atoms with Crippen LogP contribution in [-0.2, 0) is 10.3 Å². The highest BCUT2D eigenvalue weighted by molar-refractivity contribution is 5.95. The molecule has 0 spiro atoms. The number of carbonyl (C=O) groups is 1. The van der Waals surface area contributed by atoms with Crippen LogP contribution in [0.1, 0.15) is 40.3 Å². The number of aromatic nitrogens is 4. The van der Waals surface area contributed by atoms with E-state index in [4.69, 9.17) is 5.73 Å². The maximum absolute atomic E-state index is 12.3. The first kappa shape index (κ1) is 18.2. The van der Waals surface area contributed by atoms with E-state index in [9.17, 15) is 4.79 Å². The third-order valence-corrected chi connectivity index (χ3v) is 5.67. The van der Waals surface area contributed by atoms with Crippen molar-refractivity contribution in [3.8, 4) is 0 Å². The molecular formula is C23H20N6O. The van der Waals surface area contributed by atoms with Crippen LogP contribution < -0.4 is 11.1 Å². The van der Waals surface area contributed by atoms with Crippen molar-refractivity contribution in [1.29, 1.82) is 0 Å². The van der Waals surface area contributed by atoms with Gasteiger partial charge in [0, 0.05) is 48.4 Å². The third kappa shape index (κ3) is 2.96. The third-order valence-electron chi connectivity index (χ3n) is 5.67. The van der Waals surface area contributed by atoms with Gasteiger partial charge in [-0.2, -0.15) is 0 Å². The first-order chi connectivity index (χ1) is 14.7. The Balaban J connectivity index is 1.69. The first-order valence-corrected chi connectivity index (χ1v) is 9.68. The van der Waals surface area contributed by atoms with Gasteiger partial charge in [0.1, 0.15) is 5.54 Å². The predicted molar refractivity (Wildman–Crippen MR) is 113 cm³/mol. The maximum atomic E-state index is 12.3. The van der Waals surface area contributed by atoms with Gasteiger partial charge in [0.2, 0.25) is 5.91 Å². The number of rotatable bonds is 4. The van der Waals surface area contributed by atoms with Crippen molar-refractivity contribution in [2.45, 2.75) is 17.9 Å². The van der Waals surface area contributed by atoms with E-state index in [1.807, 2.05) is 42.6 Å². The minimum absolute atomic E-state index is 0.0102. The number of fused-ring (bicyclic) bond motifs is 1. The van der Waals surface area contributed by atoms with Crippen molar-refractivity contribution in [2.75, 3.05) is 5.32 Å². The lowest BCUT2D eigenvalue weighted by atomic mass is 9.78. The topological polar surface area (TPSA) is 110 Å². The summed E-state index contributed by atoms with van der Waals surface area (Å²) in [7, 11) is 0. The molecule has 0 radical (unpaired) electrons. The summed E-state index contributed by atoms with van der Waals surface area (Å²) in [5, 5.41) is 2.98. The maximum Gasteiger partial charge on any atom is 0.225 e. The first-order valence-electron chi connectivity index (χ1n) is 9.68. The smallest absolute Gasteiger partial charge is 0.225 e. The fraction of sp³-hybridized carbons (Fsp3) is 0.130. The van der Waals surface area contributed by atoms with Crippen molar-refractivity contribution in [1.82, 2.24) is 19.9 Å². The van der Waals surface area contributed by atoms with Crippen LogP contribution in [0.4, 0.5) is 5.69 Å². The largest absolute Gasteiger partial charge is 0.346 e. The second-order valence-electron chi connectivity index (χ2n) is 7.41. The summed E-state index contributed by atoms with van der Waals surface area (Å²) in [6, 6.07) is 13.6. The van der Waals surface area contributed by atoms with Crippen LogP contribution >= 0.6 is 0 Å². The van der Waals surface area contributed by atoms with E-state index in [0.717, 1.165) is 33.6 Å². The average molecular weight is 396 g/mol.